The molecule has 0 bridgehead atoms. The topological polar surface area (TPSA) is 90.2 Å². The van der Waals surface area contributed by atoms with E-state index in [1.807, 2.05) is 22.8 Å². The van der Waals surface area contributed by atoms with Crippen molar-refractivity contribution in [1.29, 1.82) is 0 Å². The van der Waals surface area contributed by atoms with Gasteiger partial charge in [0.15, 0.2) is 4.80 Å². The second kappa shape index (κ2) is 10.2. The molecule has 33 heavy (non-hydrogen) atoms. The summed E-state index contributed by atoms with van der Waals surface area (Å²) in [5, 5.41) is 0. The molecule has 2 aromatic carbocycles. The van der Waals surface area contributed by atoms with Gasteiger partial charge in [0, 0.05) is 26.7 Å². The van der Waals surface area contributed by atoms with E-state index >= 15 is 0 Å². The summed E-state index contributed by atoms with van der Waals surface area (Å²) in [5.41, 5.74) is 0.946. The molecule has 1 fully saturated rings. The largest absolute Gasteiger partial charge is 0.497 e. The van der Waals surface area contributed by atoms with Crippen LogP contribution in [0.15, 0.2) is 58.4 Å². The Labute approximate surface area is 197 Å². The Morgan fingerprint density at radius 1 is 1.18 bits per heavy atom. The summed E-state index contributed by atoms with van der Waals surface area (Å²) in [7, 11) is -0.402. The quantitative estimate of drug-likeness (QED) is 0.509. The van der Waals surface area contributed by atoms with Crippen molar-refractivity contribution in [3.05, 3.63) is 53.3 Å². The molecule has 1 aliphatic heterocycles. The number of aromatic nitrogens is 1. The third-order valence-corrected chi connectivity index (χ3v) is 8.65. The highest BCUT2D eigenvalue weighted by atomic mass is 32.2. The predicted molar refractivity (Wildman–Crippen MR) is 127 cm³/mol. The average molecular weight is 490 g/mol. The lowest BCUT2D eigenvalue weighted by molar-refractivity contribution is -0.122. The van der Waals surface area contributed by atoms with Crippen LogP contribution < -0.4 is 9.54 Å². The van der Waals surface area contributed by atoms with Gasteiger partial charge >= 0.3 is 0 Å². The van der Waals surface area contributed by atoms with Crippen molar-refractivity contribution in [2.24, 2.45) is 10.9 Å². The van der Waals surface area contributed by atoms with Gasteiger partial charge in [-0.25, -0.2) is 8.42 Å². The first-order valence-corrected chi connectivity index (χ1v) is 13.0. The Bertz CT molecular complexity index is 1300. The molecule has 3 aromatic rings. The van der Waals surface area contributed by atoms with Gasteiger partial charge in [-0.3, -0.25) is 4.79 Å². The second-order valence-corrected chi connectivity index (χ2v) is 10.8. The standard InChI is InChI=1S/C23H27N3O5S2/c1-30-14-13-26-20-11-10-18(31-2)15-21(20)32-23(26)24-22(27)17-7-6-12-25(16-17)33(28,29)19-8-4-3-5-9-19/h3-5,8-11,15,17H,6-7,12-14,16H2,1-2H3. The third kappa shape index (κ3) is 5.03. The molecule has 1 unspecified atom stereocenters. The van der Waals surface area contributed by atoms with Gasteiger partial charge < -0.3 is 14.0 Å². The van der Waals surface area contributed by atoms with Crippen molar-refractivity contribution in [2.75, 3.05) is 33.9 Å². The van der Waals surface area contributed by atoms with Gasteiger partial charge in [0.2, 0.25) is 10.0 Å². The molecular formula is C23H27N3O5S2. The number of nitrogens with zero attached hydrogens (tertiary/aromatic N) is 3. The number of benzene rings is 2. The fourth-order valence-electron chi connectivity index (χ4n) is 3.95. The van der Waals surface area contributed by atoms with Crippen LogP contribution in [0.4, 0.5) is 0 Å². The number of amides is 1. The van der Waals surface area contributed by atoms with E-state index in [-0.39, 0.29) is 17.3 Å². The van der Waals surface area contributed by atoms with Gasteiger partial charge in [-0.2, -0.15) is 9.30 Å². The summed E-state index contributed by atoms with van der Waals surface area (Å²) in [6, 6.07) is 14.1. The number of hydrogen-bond donors (Lipinski definition) is 0. The third-order valence-electron chi connectivity index (χ3n) is 5.73. The van der Waals surface area contributed by atoms with Crippen LogP contribution in [0, 0.1) is 5.92 Å². The Balaban J connectivity index is 1.63. The number of sulfonamides is 1. The monoisotopic (exact) mass is 489 g/mol. The molecule has 1 amide bonds. The molecule has 0 aliphatic carbocycles. The minimum absolute atomic E-state index is 0.135. The molecule has 1 saturated heterocycles. The highest BCUT2D eigenvalue weighted by Gasteiger charge is 2.33. The lowest BCUT2D eigenvalue weighted by Crippen LogP contribution is -2.42. The molecule has 1 atom stereocenters. The Hall–Kier alpha value is -2.53. The molecule has 10 heteroatoms. The number of fused-ring (bicyclic) bond motifs is 1. The van der Waals surface area contributed by atoms with Crippen LogP contribution in [0.5, 0.6) is 5.75 Å². The van der Waals surface area contributed by atoms with Crippen molar-refractivity contribution in [3.8, 4) is 5.75 Å². The van der Waals surface area contributed by atoms with Gasteiger partial charge in [0.25, 0.3) is 5.91 Å². The number of methoxy groups -OCH3 is 2. The predicted octanol–water partition coefficient (Wildman–Crippen LogP) is 2.89. The van der Waals surface area contributed by atoms with Gasteiger partial charge in [-0.05, 0) is 43.2 Å². The zero-order chi connectivity index (χ0) is 23.4. The Morgan fingerprint density at radius 3 is 2.70 bits per heavy atom. The van der Waals surface area contributed by atoms with Crippen LogP contribution in [0.2, 0.25) is 0 Å². The highest BCUT2D eigenvalue weighted by Crippen LogP contribution is 2.26. The summed E-state index contributed by atoms with van der Waals surface area (Å²) >= 11 is 1.41. The molecule has 4 rings (SSSR count). The maximum absolute atomic E-state index is 13.2. The zero-order valence-corrected chi connectivity index (χ0v) is 20.3. The van der Waals surface area contributed by atoms with E-state index in [0.29, 0.717) is 37.3 Å². The van der Waals surface area contributed by atoms with E-state index in [9.17, 15) is 13.2 Å². The molecular weight excluding hydrogens is 462 g/mol. The number of rotatable bonds is 7. The van der Waals surface area contributed by atoms with Crippen molar-refractivity contribution < 1.29 is 22.7 Å². The number of carbonyl (C=O) groups excluding carboxylic acids is 1. The van der Waals surface area contributed by atoms with Crippen molar-refractivity contribution >= 4 is 37.5 Å². The van der Waals surface area contributed by atoms with Crippen LogP contribution in [-0.4, -0.2) is 57.1 Å². The smallest absolute Gasteiger partial charge is 0.252 e. The van der Waals surface area contributed by atoms with Crippen molar-refractivity contribution in [3.63, 3.8) is 0 Å². The first-order chi connectivity index (χ1) is 15.9. The Morgan fingerprint density at radius 2 is 1.97 bits per heavy atom. The number of carbonyl (C=O) groups is 1. The first-order valence-electron chi connectivity index (χ1n) is 10.7. The zero-order valence-electron chi connectivity index (χ0n) is 18.6. The summed E-state index contributed by atoms with van der Waals surface area (Å²) in [6.45, 7) is 1.56. The first kappa shape index (κ1) is 23.6. The lowest BCUT2D eigenvalue weighted by Gasteiger charge is -2.30. The lowest BCUT2D eigenvalue weighted by atomic mass is 9.99. The van der Waals surface area contributed by atoms with E-state index in [1.165, 1.54) is 15.6 Å². The molecule has 1 aromatic heterocycles. The number of piperidine rings is 1. The number of ether oxygens (including phenoxy) is 2. The summed E-state index contributed by atoms with van der Waals surface area (Å²) in [5.74, 6) is -0.0462. The molecule has 1 aliphatic rings. The minimum Gasteiger partial charge on any atom is -0.497 e. The van der Waals surface area contributed by atoms with Crippen molar-refractivity contribution in [2.45, 2.75) is 24.3 Å². The van der Waals surface area contributed by atoms with E-state index in [2.05, 4.69) is 4.99 Å². The van der Waals surface area contributed by atoms with Crippen LogP contribution in [0.3, 0.4) is 0 Å². The molecule has 8 nitrogen and oxygen atoms in total. The van der Waals surface area contributed by atoms with E-state index in [1.54, 1.807) is 44.6 Å². The molecule has 2 heterocycles. The van der Waals surface area contributed by atoms with Gasteiger partial charge in [0.05, 0.1) is 34.7 Å². The minimum atomic E-state index is -3.64. The molecule has 176 valence electrons. The summed E-state index contributed by atoms with van der Waals surface area (Å²) in [4.78, 5) is 18.4. The Kier molecular flexibility index (Phi) is 7.28. The molecule has 0 spiro atoms. The fraction of sp³-hybridized carbons (Fsp3) is 0.391. The van der Waals surface area contributed by atoms with Gasteiger partial charge in [0.1, 0.15) is 5.75 Å². The number of hydrogen-bond acceptors (Lipinski definition) is 6. The van der Waals surface area contributed by atoms with Gasteiger partial charge in [-0.1, -0.05) is 29.5 Å². The van der Waals surface area contributed by atoms with E-state index in [0.717, 1.165) is 16.0 Å². The maximum atomic E-state index is 13.2. The van der Waals surface area contributed by atoms with Crippen LogP contribution in [-0.2, 0) is 26.1 Å². The van der Waals surface area contributed by atoms with Crippen molar-refractivity contribution in [1.82, 2.24) is 8.87 Å². The molecule has 0 N–H and O–H groups in total. The highest BCUT2D eigenvalue weighted by molar-refractivity contribution is 7.89. The number of thiazole rings is 1. The SMILES string of the molecule is COCCn1c(=NC(=O)C2CCCN(S(=O)(=O)c3ccccc3)C2)sc2cc(OC)ccc21. The second-order valence-electron chi connectivity index (χ2n) is 7.83. The summed E-state index contributed by atoms with van der Waals surface area (Å²) < 4.78 is 40.9. The fourth-order valence-corrected chi connectivity index (χ4v) is 6.59. The average Bonchev–Trinajstić information content (AvgIpc) is 3.19. The normalized spacial score (nSPS) is 18.0. The maximum Gasteiger partial charge on any atom is 0.252 e. The molecule has 0 saturated carbocycles. The van der Waals surface area contributed by atoms with Gasteiger partial charge in [-0.15, -0.1) is 0 Å². The van der Waals surface area contributed by atoms with E-state index < -0.39 is 15.9 Å². The van der Waals surface area contributed by atoms with Crippen LogP contribution in [0.25, 0.3) is 10.2 Å². The van der Waals surface area contributed by atoms with E-state index in [4.69, 9.17) is 9.47 Å². The molecule has 0 radical (unpaired) electrons. The van der Waals surface area contributed by atoms with Crippen LogP contribution in [0.1, 0.15) is 12.8 Å². The summed E-state index contributed by atoms with van der Waals surface area (Å²) in [6.07, 6.45) is 1.23. The van der Waals surface area contributed by atoms with Crippen LogP contribution >= 0.6 is 11.3 Å².